The lowest BCUT2D eigenvalue weighted by molar-refractivity contribution is -0.123. The molecule has 0 fully saturated rings. The third-order valence-corrected chi connectivity index (χ3v) is 2.95. The summed E-state index contributed by atoms with van der Waals surface area (Å²) in [5, 5.41) is 2.87. The van der Waals surface area contributed by atoms with Gasteiger partial charge in [0, 0.05) is 18.2 Å². The quantitative estimate of drug-likeness (QED) is 0.794. The van der Waals surface area contributed by atoms with Crippen molar-refractivity contribution in [3.05, 3.63) is 29.6 Å². The van der Waals surface area contributed by atoms with Gasteiger partial charge in [-0.3, -0.25) is 4.79 Å². The van der Waals surface area contributed by atoms with Gasteiger partial charge in [0.15, 0.2) is 6.61 Å². The van der Waals surface area contributed by atoms with Crippen LogP contribution in [0.5, 0.6) is 5.75 Å². The zero-order valence-electron chi connectivity index (χ0n) is 11.4. The minimum Gasteiger partial charge on any atom is -0.483 e. The van der Waals surface area contributed by atoms with Gasteiger partial charge in [-0.05, 0) is 31.0 Å². The molecular weight excluding hydrogens is 247 g/mol. The van der Waals surface area contributed by atoms with Crippen molar-refractivity contribution in [3.8, 4) is 5.75 Å². The summed E-state index contributed by atoms with van der Waals surface area (Å²) in [5.74, 6) is -0.0983. The van der Waals surface area contributed by atoms with Crippen LogP contribution in [0.2, 0.25) is 0 Å². The van der Waals surface area contributed by atoms with Crippen LogP contribution in [0.15, 0.2) is 18.2 Å². The molecule has 0 atom stereocenters. The topological polar surface area (TPSA) is 64.3 Å². The molecule has 5 heteroatoms. The number of carbonyl (C=O) groups is 1. The van der Waals surface area contributed by atoms with Crippen LogP contribution in [0.25, 0.3) is 0 Å². The number of hydrogen-bond acceptors (Lipinski definition) is 3. The molecule has 4 nitrogen and oxygen atoms in total. The number of carbonyl (C=O) groups excluding carboxylic acids is 1. The second kappa shape index (κ2) is 7.74. The summed E-state index contributed by atoms with van der Waals surface area (Å²) in [6, 6.07) is 4.25. The summed E-state index contributed by atoms with van der Waals surface area (Å²) in [6.45, 7) is 4.11. The molecule has 0 aliphatic carbocycles. The lowest BCUT2D eigenvalue weighted by atomic mass is 10.2. The zero-order chi connectivity index (χ0) is 14.3. The molecule has 19 heavy (non-hydrogen) atoms. The van der Waals surface area contributed by atoms with Crippen LogP contribution in [0.4, 0.5) is 4.39 Å². The fourth-order valence-electron chi connectivity index (χ4n) is 1.75. The number of benzene rings is 1. The third-order valence-electron chi connectivity index (χ3n) is 2.95. The van der Waals surface area contributed by atoms with E-state index in [4.69, 9.17) is 10.5 Å². The fraction of sp³-hybridized carbons (Fsp3) is 0.500. The summed E-state index contributed by atoms with van der Waals surface area (Å²) >= 11 is 0. The SMILES string of the molecule is CCC(CC)NC(=O)COc1ccc(F)cc1CN. The Kier molecular flexibility index (Phi) is 6.29. The Morgan fingerprint density at radius 2 is 2.11 bits per heavy atom. The van der Waals surface area contributed by atoms with Crippen molar-refractivity contribution in [3.63, 3.8) is 0 Å². The highest BCUT2D eigenvalue weighted by Gasteiger charge is 2.10. The number of nitrogens with two attached hydrogens (primary N) is 1. The van der Waals surface area contributed by atoms with Crippen molar-refractivity contribution < 1.29 is 13.9 Å². The van der Waals surface area contributed by atoms with Crippen molar-refractivity contribution in [1.82, 2.24) is 5.32 Å². The van der Waals surface area contributed by atoms with Gasteiger partial charge in [0.2, 0.25) is 0 Å². The van der Waals surface area contributed by atoms with E-state index in [0.717, 1.165) is 12.8 Å². The first-order chi connectivity index (χ1) is 9.10. The number of nitrogens with one attached hydrogen (secondary N) is 1. The summed E-state index contributed by atoms with van der Waals surface area (Å²) in [7, 11) is 0. The maximum Gasteiger partial charge on any atom is 0.258 e. The van der Waals surface area contributed by atoms with E-state index in [1.165, 1.54) is 18.2 Å². The van der Waals surface area contributed by atoms with Gasteiger partial charge in [-0.25, -0.2) is 4.39 Å². The van der Waals surface area contributed by atoms with E-state index in [1.54, 1.807) is 0 Å². The van der Waals surface area contributed by atoms with Crippen molar-refractivity contribution in [2.45, 2.75) is 39.3 Å². The smallest absolute Gasteiger partial charge is 0.258 e. The lowest BCUT2D eigenvalue weighted by Gasteiger charge is -2.15. The molecule has 1 aromatic carbocycles. The first kappa shape index (κ1) is 15.4. The van der Waals surface area contributed by atoms with Gasteiger partial charge in [-0.2, -0.15) is 0 Å². The Balaban J connectivity index is 2.54. The van der Waals surface area contributed by atoms with E-state index in [9.17, 15) is 9.18 Å². The normalized spacial score (nSPS) is 10.6. The highest BCUT2D eigenvalue weighted by atomic mass is 19.1. The fourth-order valence-corrected chi connectivity index (χ4v) is 1.75. The Hall–Kier alpha value is -1.62. The van der Waals surface area contributed by atoms with Crippen molar-refractivity contribution in [1.29, 1.82) is 0 Å². The third kappa shape index (κ3) is 4.87. The van der Waals surface area contributed by atoms with Gasteiger partial charge in [0.1, 0.15) is 11.6 Å². The Bertz CT molecular complexity index is 420. The van der Waals surface area contributed by atoms with Crippen LogP contribution in [0, 0.1) is 5.82 Å². The second-order valence-corrected chi connectivity index (χ2v) is 4.33. The molecule has 0 saturated carbocycles. The standard InChI is InChI=1S/C14H21FN2O2/c1-3-12(4-2)17-14(18)9-19-13-6-5-11(15)7-10(13)8-16/h5-7,12H,3-4,8-9,16H2,1-2H3,(H,17,18). The maximum atomic E-state index is 13.0. The summed E-state index contributed by atoms with van der Waals surface area (Å²) in [5.41, 5.74) is 6.05. The largest absolute Gasteiger partial charge is 0.483 e. The van der Waals surface area contributed by atoms with Gasteiger partial charge in [-0.15, -0.1) is 0 Å². The summed E-state index contributed by atoms with van der Waals surface area (Å²) < 4.78 is 18.4. The van der Waals surface area contributed by atoms with Crippen LogP contribution in [0.3, 0.4) is 0 Å². The predicted molar refractivity (Wildman–Crippen MR) is 72.3 cm³/mol. The Labute approximate surface area is 113 Å². The molecule has 3 N–H and O–H groups in total. The van der Waals surface area contributed by atoms with E-state index < -0.39 is 0 Å². The number of halogens is 1. The van der Waals surface area contributed by atoms with Crippen LogP contribution < -0.4 is 15.8 Å². The van der Waals surface area contributed by atoms with Gasteiger partial charge < -0.3 is 15.8 Å². The van der Waals surface area contributed by atoms with E-state index >= 15 is 0 Å². The maximum absolute atomic E-state index is 13.0. The van der Waals surface area contributed by atoms with E-state index in [2.05, 4.69) is 5.32 Å². The Morgan fingerprint density at radius 3 is 2.68 bits per heavy atom. The number of rotatable bonds is 7. The van der Waals surface area contributed by atoms with Crippen molar-refractivity contribution in [2.24, 2.45) is 5.73 Å². The van der Waals surface area contributed by atoms with Gasteiger partial charge in [0.25, 0.3) is 5.91 Å². The number of amides is 1. The molecule has 106 valence electrons. The minimum absolute atomic E-state index is 0.0882. The Morgan fingerprint density at radius 1 is 1.42 bits per heavy atom. The number of hydrogen-bond donors (Lipinski definition) is 2. The molecule has 0 aromatic heterocycles. The molecule has 0 unspecified atom stereocenters. The minimum atomic E-state index is -0.366. The second-order valence-electron chi connectivity index (χ2n) is 4.33. The van der Waals surface area contributed by atoms with Crippen molar-refractivity contribution in [2.75, 3.05) is 6.61 Å². The molecule has 0 heterocycles. The van der Waals surface area contributed by atoms with Gasteiger partial charge in [-0.1, -0.05) is 13.8 Å². The first-order valence-electron chi connectivity index (χ1n) is 6.51. The lowest BCUT2D eigenvalue weighted by Crippen LogP contribution is -2.37. The van der Waals surface area contributed by atoms with Crippen LogP contribution in [-0.4, -0.2) is 18.6 Å². The van der Waals surface area contributed by atoms with Crippen LogP contribution in [0.1, 0.15) is 32.3 Å². The average Bonchev–Trinajstić information content (AvgIpc) is 2.43. The van der Waals surface area contributed by atoms with Crippen LogP contribution in [-0.2, 0) is 11.3 Å². The molecule has 0 aliphatic rings. The summed E-state index contributed by atoms with van der Waals surface area (Å²) in [6.07, 6.45) is 1.76. The van der Waals surface area contributed by atoms with Crippen LogP contribution >= 0.6 is 0 Å². The van der Waals surface area contributed by atoms with Gasteiger partial charge in [0.05, 0.1) is 0 Å². The first-order valence-corrected chi connectivity index (χ1v) is 6.51. The highest BCUT2D eigenvalue weighted by molar-refractivity contribution is 5.77. The highest BCUT2D eigenvalue weighted by Crippen LogP contribution is 2.18. The average molecular weight is 268 g/mol. The molecule has 1 rings (SSSR count). The molecule has 0 aliphatic heterocycles. The predicted octanol–water partition coefficient (Wildman–Crippen LogP) is 1.97. The molecular formula is C14H21FN2O2. The molecule has 0 bridgehead atoms. The monoisotopic (exact) mass is 268 g/mol. The van der Waals surface area contributed by atoms with E-state index in [0.29, 0.717) is 11.3 Å². The molecule has 0 spiro atoms. The molecule has 0 saturated heterocycles. The summed E-state index contributed by atoms with van der Waals surface area (Å²) in [4.78, 5) is 11.7. The molecule has 1 amide bonds. The van der Waals surface area contributed by atoms with E-state index in [-0.39, 0.29) is 30.9 Å². The van der Waals surface area contributed by atoms with Crippen molar-refractivity contribution >= 4 is 5.91 Å². The van der Waals surface area contributed by atoms with Gasteiger partial charge >= 0.3 is 0 Å². The number of ether oxygens (including phenoxy) is 1. The molecule has 1 aromatic rings. The molecule has 0 radical (unpaired) electrons. The zero-order valence-corrected chi connectivity index (χ0v) is 11.4. The van der Waals surface area contributed by atoms with E-state index in [1.807, 2.05) is 13.8 Å².